The van der Waals surface area contributed by atoms with Gasteiger partial charge in [0.05, 0.1) is 6.42 Å². The molecule has 1 aromatic heterocycles. The third kappa shape index (κ3) is 1.69. The van der Waals surface area contributed by atoms with Crippen LogP contribution in [0.2, 0.25) is 0 Å². The number of fused-ring (bicyclic) bond motifs is 1. The molecule has 0 fully saturated rings. The molecule has 1 heterocycles. The predicted molar refractivity (Wildman–Crippen MR) is 61.8 cm³/mol. The first-order chi connectivity index (χ1) is 7.49. The lowest BCUT2D eigenvalue weighted by molar-refractivity contribution is -0.136. The molecule has 0 unspecified atom stereocenters. The van der Waals surface area contributed by atoms with Crippen molar-refractivity contribution in [3.05, 3.63) is 34.6 Å². The van der Waals surface area contributed by atoms with E-state index in [-0.39, 0.29) is 6.42 Å². The molecule has 2 aromatic rings. The van der Waals surface area contributed by atoms with Gasteiger partial charge in [-0.05, 0) is 38.0 Å². The van der Waals surface area contributed by atoms with Crippen molar-refractivity contribution in [2.45, 2.75) is 27.2 Å². The third-order valence-electron chi connectivity index (χ3n) is 2.75. The molecule has 84 valence electrons. The first-order valence-electron chi connectivity index (χ1n) is 5.20. The van der Waals surface area contributed by atoms with Gasteiger partial charge in [-0.15, -0.1) is 0 Å². The van der Waals surface area contributed by atoms with Crippen LogP contribution in [-0.4, -0.2) is 11.1 Å². The van der Waals surface area contributed by atoms with E-state index in [2.05, 4.69) is 0 Å². The van der Waals surface area contributed by atoms with Gasteiger partial charge in [-0.1, -0.05) is 6.07 Å². The molecule has 0 saturated carbocycles. The van der Waals surface area contributed by atoms with Crippen LogP contribution in [0, 0.1) is 20.8 Å². The van der Waals surface area contributed by atoms with Gasteiger partial charge in [-0.2, -0.15) is 0 Å². The minimum atomic E-state index is -0.829. The van der Waals surface area contributed by atoms with Crippen LogP contribution in [0.1, 0.15) is 22.5 Å². The molecule has 1 aromatic carbocycles. The lowest BCUT2D eigenvalue weighted by Crippen LogP contribution is -2.00. The summed E-state index contributed by atoms with van der Waals surface area (Å²) in [6, 6.07) is 4.02. The summed E-state index contributed by atoms with van der Waals surface area (Å²) < 4.78 is 5.62. The van der Waals surface area contributed by atoms with Crippen LogP contribution in [0.15, 0.2) is 16.5 Å². The van der Waals surface area contributed by atoms with Gasteiger partial charge < -0.3 is 9.52 Å². The molecule has 0 amide bonds. The maximum atomic E-state index is 10.8. The Kier molecular flexibility index (Phi) is 2.46. The van der Waals surface area contributed by atoms with Crippen molar-refractivity contribution in [3.8, 4) is 0 Å². The average molecular weight is 218 g/mol. The Bertz CT molecular complexity index is 564. The summed E-state index contributed by atoms with van der Waals surface area (Å²) >= 11 is 0. The molecular weight excluding hydrogens is 204 g/mol. The van der Waals surface area contributed by atoms with Crippen molar-refractivity contribution >= 4 is 16.9 Å². The molecule has 0 spiro atoms. The zero-order chi connectivity index (χ0) is 11.9. The highest BCUT2D eigenvalue weighted by molar-refractivity contribution is 5.88. The smallest absolute Gasteiger partial charge is 0.307 e. The Hall–Kier alpha value is -1.77. The van der Waals surface area contributed by atoms with Crippen LogP contribution in [0.4, 0.5) is 0 Å². The van der Waals surface area contributed by atoms with Crippen molar-refractivity contribution in [3.63, 3.8) is 0 Å². The molecule has 0 aliphatic carbocycles. The first kappa shape index (κ1) is 10.7. The number of aryl methyl sites for hydroxylation is 3. The first-order valence-corrected chi connectivity index (χ1v) is 5.20. The van der Waals surface area contributed by atoms with Crippen LogP contribution >= 0.6 is 0 Å². The normalized spacial score (nSPS) is 10.9. The summed E-state index contributed by atoms with van der Waals surface area (Å²) in [6.07, 6.45) is 0.0156. The van der Waals surface area contributed by atoms with E-state index in [4.69, 9.17) is 9.52 Å². The average Bonchev–Trinajstić information content (AvgIpc) is 2.45. The summed E-state index contributed by atoms with van der Waals surface area (Å²) in [5.74, 6) is -0.129. The van der Waals surface area contributed by atoms with Crippen LogP contribution in [0.25, 0.3) is 11.0 Å². The second-order valence-electron chi connectivity index (χ2n) is 4.17. The molecule has 0 bridgehead atoms. The van der Waals surface area contributed by atoms with Crippen molar-refractivity contribution < 1.29 is 14.3 Å². The molecule has 0 atom stereocenters. The molecule has 1 N–H and O–H groups in total. The van der Waals surface area contributed by atoms with Gasteiger partial charge in [0.2, 0.25) is 0 Å². The van der Waals surface area contributed by atoms with Gasteiger partial charge in [0, 0.05) is 10.9 Å². The fourth-order valence-corrected chi connectivity index (χ4v) is 2.09. The lowest BCUT2D eigenvalue weighted by Gasteiger charge is -1.99. The standard InChI is InChI=1S/C13H14O3/c1-7-4-8(2)13-11(5-7)10(6-12(14)15)9(3)16-13/h4-5H,6H2,1-3H3,(H,14,15). The summed E-state index contributed by atoms with van der Waals surface area (Å²) in [5.41, 5.74) is 3.76. The minimum absolute atomic E-state index is 0.0156. The zero-order valence-corrected chi connectivity index (χ0v) is 9.63. The monoisotopic (exact) mass is 218 g/mol. The third-order valence-corrected chi connectivity index (χ3v) is 2.75. The summed E-state index contributed by atoms with van der Waals surface area (Å²) in [6.45, 7) is 5.79. The van der Waals surface area contributed by atoms with Gasteiger partial charge in [0.1, 0.15) is 11.3 Å². The summed E-state index contributed by atoms with van der Waals surface area (Å²) in [4.78, 5) is 10.8. The Morgan fingerprint density at radius 2 is 2.00 bits per heavy atom. The minimum Gasteiger partial charge on any atom is -0.481 e. The number of benzene rings is 1. The molecule has 0 saturated heterocycles. The number of carboxylic acids is 1. The second-order valence-corrected chi connectivity index (χ2v) is 4.17. The van der Waals surface area contributed by atoms with E-state index in [0.717, 1.165) is 27.7 Å². The SMILES string of the molecule is Cc1cc(C)c2oc(C)c(CC(=O)O)c2c1. The van der Waals surface area contributed by atoms with Gasteiger partial charge in [-0.25, -0.2) is 0 Å². The van der Waals surface area contributed by atoms with E-state index >= 15 is 0 Å². The quantitative estimate of drug-likeness (QED) is 0.843. The number of hydrogen-bond acceptors (Lipinski definition) is 2. The molecule has 0 aliphatic rings. The number of hydrogen-bond donors (Lipinski definition) is 1. The highest BCUT2D eigenvalue weighted by Gasteiger charge is 2.15. The van der Waals surface area contributed by atoms with Gasteiger partial charge in [0.25, 0.3) is 0 Å². The molecule has 3 nitrogen and oxygen atoms in total. The van der Waals surface area contributed by atoms with Crippen molar-refractivity contribution in [2.75, 3.05) is 0 Å². The number of rotatable bonds is 2. The van der Waals surface area contributed by atoms with E-state index in [9.17, 15) is 4.79 Å². The van der Waals surface area contributed by atoms with Gasteiger partial charge >= 0.3 is 5.97 Å². The van der Waals surface area contributed by atoms with Crippen LogP contribution in [0.3, 0.4) is 0 Å². The molecular formula is C13H14O3. The highest BCUT2D eigenvalue weighted by atomic mass is 16.4. The molecule has 2 rings (SSSR count). The number of aliphatic carboxylic acids is 1. The fourth-order valence-electron chi connectivity index (χ4n) is 2.09. The fraction of sp³-hybridized carbons (Fsp3) is 0.308. The van der Waals surface area contributed by atoms with E-state index in [0.29, 0.717) is 5.76 Å². The maximum absolute atomic E-state index is 10.8. The van der Waals surface area contributed by atoms with Crippen molar-refractivity contribution in [1.82, 2.24) is 0 Å². The summed E-state index contributed by atoms with van der Waals surface area (Å²) in [7, 11) is 0. The van der Waals surface area contributed by atoms with Gasteiger partial charge in [0.15, 0.2) is 0 Å². The van der Waals surface area contributed by atoms with Crippen LogP contribution in [-0.2, 0) is 11.2 Å². The van der Waals surface area contributed by atoms with E-state index in [1.54, 1.807) is 0 Å². The molecule has 0 radical (unpaired) electrons. The Morgan fingerprint density at radius 1 is 1.31 bits per heavy atom. The lowest BCUT2D eigenvalue weighted by atomic mass is 10.0. The number of furan rings is 1. The van der Waals surface area contributed by atoms with Crippen molar-refractivity contribution in [2.24, 2.45) is 0 Å². The van der Waals surface area contributed by atoms with Crippen LogP contribution in [0.5, 0.6) is 0 Å². The molecule has 0 aliphatic heterocycles. The van der Waals surface area contributed by atoms with E-state index in [1.165, 1.54) is 0 Å². The second kappa shape index (κ2) is 3.67. The van der Waals surface area contributed by atoms with Crippen molar-refractivity contribution in [1.29, 1.82) is 0 Å². The molecule has 3 heteroatoms. The largest absolute Gasteiger partial charge is 0.481 e. The topological polar surface area (TPSA) is 50.4 Å². The number of carboxylic acid groups (broad SMARTS) is 1. The Morgan fingerprint density at radius 3 is 2.62 bits per heavy atom. The maximum Gasteiger partial charge on any atom is 0.307 e. The van der Waals surface area contributed by atoms with Crippen LogP contribution < -0.4 is 0 Å². The molecule has 16 heavy (non-hydrogen) atoms. The highest BCUT2D eigenvalue weighted by Crippen LogP contribution is 2.29. The van der Waals surface area contributed by atoms with E-state index < -0.39 is 5.97 Å². The predicted octanol–water partition coefficient (Wildman–Crippen LogP) is 2.99. The number of carbonyl (C=O) groups is 1. The Labute approximate surface area is 93.7 Å². The Balaban J connectivity index is 2.73. The van der Waals surface area contributed by atoms with E-state index in [1.807, 2.05) is 32.9 Å². The zero-order valence-electron chi connectivity index (χ0n) is 9.63. The van der Waals surface area contributed by atoms with Gasteiger partial charge in [-0.3, -0.25) is 4.79 Å². The summed E-state index contributed by atoms with van der Waals surface area (Å²) in [5, 5.41) is 9.79.